The number of allylic oxidation sites excluding steroid dienone is 1. The van der Waals surface area contributed by atoms with Crippen LogP contribution in [0.5, 0.6) is 0 Å². The SMILES string of the molecule is C/C=C/CN1C=C(C(=O)N2CCC(N(C)C)CC2)c2cc[nH]c2C1O. The highest BCUT2D eigenvalue weighted by molar-refractivity contribution is 6.20. The second kappa shape index (κ2) is 7.45. The van der Waals surface area contributed by atoms with E-state index in [-0.39, 0.29) is 5.91 Å². The van der Waals surface area contributed by atoms with Gasteiger partial charge in [-0.3, -0.25) is 4.79 Å². The van der Waals surface area contributed by atoms with Crippen LogP contribution >= 0.6 is 0 Å². The molecular formula is C19H28N4O2. The molecule has 1 unspecified atom stereocenters. The van der Waals surface area contributed by atoms with Crippen molar-refractivity contribution in [2.75, 3.05) is 33.7 Å². The molecule has 0 radical (unpaired) electrons. The summed E-state index contributed by atoms with van der Waals surface area (Å²) in [5.41, 5.74) is 2.16. The Morgan fingerprint density at radius 3 is 2.76 bits per heavy atom. The average Bonchev–Trinajstić information content (AvgIpc) is 3.11. The highest BCUT2D eigenvalue weighted by Gasteiger charge is 2.32. The lowest BCUT2D eigenvalue weighted by molar-refractivity contribution is -0.126. The Morgan fingerprint density at radius 2 is 2.12 bits per heavy atom. The van der Waals surface area contributed by atoms with E-state index >= 15 is 0 Å². The number of nitrogens with one attached hydrogen (secondary N) is 1. The number of likely N-dealkylation sites (tertiary alicyclic amines) is 1. The van der Waals surface area contributed by atoms with E-state index in [0.29, 0.717) is 23.9 Å². The number of amides is 1. The van der Waals surface area contributed by atoms with Crippen LogP contribution in [0, 0.1) is 0 Å². The molecule has 6 heteroatoms. The molecule has 0 aromatic carbocycles. The number of aromatic nitrogens is 1. The van der Waals surface area contributed by atoms with Gasteiger partial charge < -0.3 is 24.8 Å². The molecular weight excluding hydrogens is 316 g/mol. The van der Waals surface area contributed by atoms with Crippen molar-refractivity contribution in [2.45, 2.75) is 32.0 Å². The first-order valence-corrected chi connectivity index (χ1v) is 8.93. The fourth-order valence-corrected chi connectivity index (χ4v) is 3.61. The molecule has 0 aliphatic carbocycles. The zero-order chi connectivity index (χ0) is 18.0. The Balaban J connectivity index is 1.81. The lowest BCUT2D eigenvalue weighted by atomic mass is 9.98. The molecule has 2 aliphatic rings. The van der Waals surface area contributed by atoms with Crippen molar-refractivity contribution in [1.82, 2.24) is 19.7 Å². The number of fused-ring (bicyclic) bond motifs is 1. The number of H-pyrrole nitrogens is 1. The van der Waals surface area contributed by atoms with Gasteiger partial charge in [0.2, 0.25) is 0 Å². The van der Waals surface area contributed by atoms with E-state index in [0.717, 1.165) is 31.5 Å². The Bertz CT molecular complexity index is 669. The van der Waals surface area contributed by atoms with E-state index in [1.54, 1.807) is 17.3 Å². The van der Waals surface area contributed by atoms with Crippen LogP contribution in [0.25, 0.3) is 5.57 Å². The second-order valence-electron chi connectivity index (χ2n) is 6.97. The minimum atomic E-state index is -0.753. The van der Waals surface area contributed by atoms with Crippen LogP contribution in [0.2, 0.25) is 0 Å². The number of carbonyl (C=O) groups is 1. The van der Waals surface area contributed by atoms with Gasteiger partial charge in [0.05, 0.1) is 11.3 Å². The number of hydrogen-bond acceptors (Lipinski definition) is 4. The quantitative estimate of drug-likeness (QED) is 0.818. The highest BCUT2D eigenvalue weighted by atomic mass is 16.3. The molecule has 3 rings (SSSR count). The average molecular weight is 344 g/mol. The number of aliphatic hydroxyl groups is 1. The first-order valence-electron chi connectivity index (χ1n) is 8.93. The van der Waals surface area contributed by atoms with E-state index < -0.39 is 6.23 Å². The molecule has 136 valence electrons. The lowest BCUT2D eigenvalue weighted by Gasteiger charge is -2.37. The summed E-state index contributed by atoms with van der Waals surface area (Å²) in [6.45, 7) is 4.06. The van der Waals surface area contributed by atoms with Gasteiger partial charge in [0.25, 0.3) is 5.91 Å². The van der Waals surface area contributed by atoms with Crippen LogP contribution in [0.3, 0.4) is 0 Å². The maximum Gasteiger partial charge on any atom is 0.256 e. The smallest absolute Gasteiger partial charge is 0.256 e. The topological polar surface area (TPSA) is 62.8 Å². The Kier molecular flexibility index (Phi) is 5.30. The van der Waals surface area contributed by atoms with Gasteiger partial charge in [-0.15, -0.1) is 0 Å². The monoisotopic (exact) mass is 344 g/mol. The van der Waals surface area contributed by atoms with E-state index in [1.165, 1.54) is 0 Å². The van der Waals surface area contributed by atoms with Gasteiger partial charge in [0.1, 0.15) is 0 Å². The number of rotatable bonds is 4. The van der Waals surface area contributed by atoms with Crippen molar-refractivity contribution in [3.05, 3.63) is 41.9 Å². The van der Waals surface area contributed by atoms with Gasteiger partial charge in [-0.25, -0.2) is 0 Å². The van der Waals surface area contributed by atoms with Crippen molar-refractivity contribution >= 4 is 11.5 Å². The normalized spacial score (nSPS) is 21.8. The Morgan fingerprint density at radius 1 is 1.40 bits per heavy atom. The fraction of sp³-hybridized carbons (Fsp3) is 0.526. The van der Waals surface area contributed by atoms with Crippen molar-refractivity contribution in [3.63, 3.8) is 0 Å². The fourth-order valence-electron chi connectivity index (χ4n) is 3.61. The predicted molar refractivity (Wildman–Crippen MR) is 98.5 cm³/mol. The van der Waals surface area contributed by atoms with Crippen LogP contribution in [0.15, 0.2) is 30.6 Å². The van der Waals surface area contributed by atoms with Crippen LogP contribution in [-0.2, 0) is 4.79 Å². The number of hydrogen-bond donors (Lipinski definition) is 2. The minimum Gasteiger partial charge on any atom is -0.368 e. The molecule has 2 N–H and O–H groups in total. The third kappa shape index (κ3) is 3.50. The maximum atomic E-state index is 13.1. The molecule has 0 saturated carbocycles. The molecule has 6 nitrogen and oxygen atoms in total. The summed E-state index contributed by atoms with van der Waals surface area (Å²) in [5, 5.41) is 10.5. The summed E-state index contributed by atoms with van der Waals surface area (Å²) in [7, 11) is 4.19. The minimum absolute atomic E-state index is 0.0513. The van der Waals surface area contributed by atoms with E-state index in [9.17, 15) is 9.90 Å². The zero-order valence-electron chi connectivity index (χ0n) is 15.3. The Labute approximate surface area is 149 Å². The summed E-state index contributed by atoms with van der Waals surface area (Å²) in [6, 6.07) is 2.42. The third-order valence-electron chi connectivity index (χ3n) is 5.20. The first kappa shape index (κ1) is 17.8. The van der Waals surface area contributed by atoms with Gasteiger partial charge in [-0.1, -0.05) is 12.2 Å². The van der Waals surface area contributed by atoms with Crippen molar-refractivity contribution in [1.29, 1.82) is 0 Å². The van der Waals surface area contributed by atoms with E-state index in [1.807, 2.05) is 30.0 Å². The van der Waals surface area contributed by atoms with Crippen molar-refractivity contribution in [3.8, 4) is 0 Å². The summed E-state index contributed by atoms with van der Waals surface area (Å²) in [6.07, 6.45) is 8.75. The van der Waals surface area contributed by atoms with Gasteiger partial charge in [-0.05, 0) is 39.9 Å². The standard InChI is InChI=1S/C19H28N4O2/c1-4-5-10-23-13-16(15-6-9-20-17(15)19(23)25)18(24)22-11-7-14(8-12-22)21(2)3/h4-6,9,13-14,19-20,25H,7-8,10-12H2,1-3H3/b5-4+. The summed E-state index contributed by atoms with van der Waals surface area (Å²) in [5.74, 6) is 0.0513. The first-order chi connectivity index (χ1) is 12.0. The number of aliphatic hydroxyl groups excluding tert-OH is 1. The highest BCUT2D eigenvalue weighted by Crippen LogP contribution is 2.34. The molecule has 1 aromatic rings. The molecule has 1 atom stereocenters. The van der Waals surface area contributed by atoms with Gasteiger partial charge in [0.15, 0.2) is 6.23 Å². The van der Waals surface area contributed by atoms with Crippen molar-refractivity contribution in [2.24, 2.45) is 0 Å². The van der Waals surface area contributed by atoms with E-state index in [2.05, 4.69) is 24.0 Å². The number of piperidine rings is 1. The van der Waals surface area contributed by atoms with E-state index in [4.69, 9.17) is 0 Å². The molecule has 0 bridgehead atoms. The third-order valence-corrected chi connectivity index (χ3v) is 5.20. The van der Waals surface area contributed by atoms with Gasteiger partial charge in [0, 0.05) is 43.6 Å². The lowest BCUT2D eigenvalue weighted by Crippen LogP contribution is -2.45. The number of nitrogens with zero attached hydrogens (tertiary/aromatic N) is 3. The molecule has 3 heterocycles. The zero-order valence-corrected chi connectivity index (χ0v) is 15.3. The molecule has 1 amide bonds. The molecule has 0 spiro atoms. The largest absolute Gasteiger partial charge is 0.368 e. The summed E-state index contributed by atoms with van der Waals surface area (Å²) >= 11 is 0. The summed E-state index contributed by atoms with van der Waals surface area (Å²) in [4.78, 5) is 22.2. The maximum absolute atomic E-state index is 13.1. The van der Waals surface area contributed by atoms with Crippen LogP contribution < -0.4 is 0 Å². The van der Waals surface area contributed by atoms with Crippen LogP contribution in [-0.4, -0.2) is 70.5 Å². The molecule has 1 fully saturated rings. The summed E-state index contributed by atoms with van der Waals surface area (Å²) < 4.78 is 0. The second-order valence-corrected chi connectivity index (χ2v) is 6.97. The number of aromatic amines is 1. The molecule has 1 aromatic heterocycles. The van der Waals surface area contributed by atoms with Crippen molar-refractivity contribution < 1.29 is 9.90 Å². The molecule has 25 heavy (non-hydrogen) atoms. The van der Waals surface area contributed by atoms with Gasteiger partial charge >= 0.3 is 0 Å². The van der Waals surface area contributed by atoms with Crippen LogP contribution in [0.4, 0.5) is 0 Å². The van der Waals surface area contributed by atoms with Gasteiger partial charge in [-0.2, -0.15) is 0 Å². The number of carbonyl (C=O) groups excluding carboxylic acids is 1. The van der Waals surface area contributed by atoms with Crippen LogP contribution in [0.1, 0.15) is 37.3 Å². The molecule has 2 aliphatic heterocycles. The predicted octanol–water partition coefficient (Wildman–Crippen LogP) is 1.79. The molecule has 1 saturated heterocycles. The Hall–Kier alpha value is -2.05.